The second-order valence-corrected chi connectivity index (χ2v) is 8.67. The van der Waals surface area contributed by atoms with Crippen molar-refractivity contribution in [3.63, 3.8) is 0 Å². The van der Waals surface area contributed by atoms with Crippen LogP contribution in [-0.2, 0) is 29.5 Å². The van der Waals surface area contributed by atoms with E-state index in [4.69, 9.17) is 28.6 Å². The fraction of sp³-hybridized carbons (Fsp3) is 0.389. The average molecular weight is 472 g/mol. The normalized spacial score (nSPS) is 22.7. The number of thiocarbonyl (C=S) groups is 1. The molecule has 1 saturated heterocycles. The lowest BCUT2D eigenvalue weighted by molar-refractivity contribution is -0.143. The van der Waals surface area contributed by atoms with Crippen molar-refractivity contribution < 1.29 is 29.0 Å². The second kappa shape index (κ2) is 8.88. The summed E-state index contributed by atoms with van der Waals surface area (Å²) in [6, 6.07) is 4.53. The Bertz CT molecular complexity index is 942. The largest absolute Gasteiger partial charge is 0.465 e. The van der Waals surface area contributed by atoms with Gasteiger partial charge in [0.05, 0.1) is 6.61 Å². The molecule has 2 aliphatic rings. The van der Waals surface area contributed by atoms with Gasteiger partial charge in [0.2, 0.25) is 11.8 Å². The van der Waals surface area contributed by atoms with Gasteiger partial charge in [0.15, 0.2) is 5.60 Å². The van der Waals surface area contributed by atoms with Gasteiger partial charge in [-0.25, -0.2) is 0 Å². The summed E-state index contributed by atoms with van der Waals surface area (Å²) < 4.78 is 4.86. The molecule has 2 heterocycles. The lowest BCUT2D eigenvalue weighted by atomic mass is 9.90. The standard InChI is InChI=1S/C18H18ClN3O6S2/c1-2-28-13(24)8-20-12(23)5-6-22-15(25)14(30-17(22)29)18(27)10-7-9(19)3-4-11(10)21-16(18)26/h3-4,7,14,27H,2,5-6,8H2,1H3,(H,20,23)(H,21,26). The van der Waals surface area contributed by atoms with Gasteiger partial charge in [0.25, 0.3) is 5.91 Å². The van der Waals surface area contributed by atoms with E-state index in [1.54, 1.807) is 19.1 Å². The first-order chi connectivity index (χ1) is 14.2. The molecular formula is C18H18ClN3O6S2. The van der Waals surface area contributed by atoms with Crippen LogP contribution in [-0.4, -0.2) is 63.0 Å². The Hall–Kier alpha value is -2.21. The summed E-state index contributed by atoms with van der Waals surface area (Å²) >= 11 is 12.1. The highest BCUT2D eigenvalue weighted by Gasteiger charge is 2.58. The first-order valence-electron chi connectivity index (χ1n) is 8.96. The first kappa shape index (κ1) is 22.5. The van der Waals surface area contributed by atoms with Crippen LogP contribution in [0.1, 0.15) is 18.9 Å². The summed E-state index contributed by atoms with van der Waals surface area (Å²) in [5.41, 5.74) is -1.59. The third-order valence-electron chi connectivity index (χ3n) is 4.59. The fourth-order valence-corrected chi connectivity index (χ4v) is 4.92. The van der Waals surface area contributed by atoms with Crippen molar-refractivity contribution in [2.24, 2.45) is 0 Å². The molecule has 0 saturated carbocycles. The third-order valence-corrected chi connectivity index (χ3v) is 6.54. The van der Waals surface area contributed by atoms with Crippen LogP contribution in [0, 0.1) is 0 Å². The van der Waals surface area contributed by atoms with E-state index in [-0.39, 0.29) is 36.0 Å². The number of esters is 1. The Morgan fingerprint density at radius 2 is 2.17 bits per heavy atom. The second-order valence-electron chi connectivity index (χ2n) is 6.50. The molecule has 0 radical (unpaired) electrons. The monoisotopic (exact) mass is 471 g/mol. The number of amides is 3. The lowest BCUT2D eigenvalue weighted by Crippen LogP contribution is -2.48. The molecule has 2 unspecified atom stereocenters. The molecule has 2 aliphatic heterocycles. The number of hydrogen-bond donors (Lipinski definition) is 3. The van der Waals surface area contributed by atoms with Gasteiger partial charge in [-0.15, -0.1) is 0 Å². The minimum atomic E-state index is -2.15. The smallest absolute Gasteiger partial charge is 0.325 e. The SMILES string of the molecule is CCOC(=O)CNC(=O)CCN1C(=O)C(C2(O)C(=O)Nc3ccc(Cl)cc32)SC1=S. The predicted octanol–water partition coefficient (Wildman–Crippen LogP) is 0.778. The zero-order chi connectivity index (χ0) is 22.1. The Balaban J connectivity index is 1.68. The van der Waals surface area contributed by atoms with E-state index in [0.29, 0.717) is 10.7 Å². The van der Waals surface area contributed by atoms with Gasteiger partial charge in [-0.1, -0.05) is 35.6 Å². The van der Waals surface area contributed by atoms with Crippen LogP contribution in [0.2, 0.25) is 5.02 Å². The molecular weight excluding hydrogens is 454 g/mol. The highest BCUT2D eigenvalue weighted by atomic mass is 35.5. The summed E-state index contributed by atoms with van der Waals surface area (Å²) in [5.74, 6) is -2.38. The molecule has 160 valence electrons. The number of anilines is 1. The quantitative estimate of drug-likeness (QED) is 0.393. The number of halogens is 1. The Morgan fingerprint density at radius 3 is 2.87 bits per heavy atom. The van der Waals surface area contributed by atoms with Crippen molar-refractivity contribution in [2.75, 3.05) is 25.0 Å². The molecule has 3 amide bonds. The van der Waals surface area contributed by atoms with Crippen LogP contribution >= 0.6 is 35.6 Å². The number of aliphatic hydroxyl groups is 1. The predicted molar refractivity (Wildman–Crippen MR) is 114 cm³/mol. The van der Waals surface area contributed by atoms with Gasteiger partial charge in [0, 0.05) is 29.2 Å². The highest BCUT2D eigenvalue weighted by Crippen LogP contribution is 2.47. The minimum absolute atomic E-state index is 0.0596. The number of carbonyl (C=O) groups excluding carboxylic acids is 4. The summed E-state index contributed by atoms with van der Waals surface area (Å²) in [7, 11) is 0. The van der Waals surface area contributed by atoms with Gasteiger partial charge < -0.3 is 20.5 Å². The van der Waals surface area contributed by atoms with Crippen LogP contribution in [0.3, 0.4) is 0 Å². The highest BCUT2D eigenvalue weighted by molar-refractivity contribution is 8.24. The topological polar surface area (TPSA) is 125 Å². The Morgan fingerprint density at radius 1 is 1.43 bits per heavy atom. The summed E-state index contributed by atoms with van der Waals surface area (Å²) in [6.45, 7) is 1.52. The number of carbonyl (C=O) groups is 4. The van der Waals surface area contributed by atoms with Crippen LogP contribution in [0.4, 0.5) is 5.69 Å². The van der Waals surface area contributed by atoms with Crippen LogP contribution < -0.4 is 10.6 Å². The Kier molecular flexibility index (Phi) is 6.65. The summed E-state index contributed by atoms with van der Waals surface area (Å²) in [4.78, 5) is 49.9. The van der Waals surface area contributed by atoms with Crippen molar-refractivity contribution in [1.29, 1.82) is 0 Å². The van der Waals surface area contributed by atoms with E-state index in [0.717, 1.165) is 11.8 Å². The third kappa shape index (κ3) is 4.15. The Labute approximate surface area is 186 Å². The molecule has 0 bridgehead atoms. The van der Waals surface area contributed by atoms with Crippen molar-refractivity contribution in [2.45, 2.75) is 24.2 Å². The van der Waals surface area contributed by atoms with Gasteiger partial charge in [-0.2, -0.15) is 0 Å². The number of benzene rings is 1. The molecule has 2 atom stereocenters. The van der Waals surface area contributed by atoms with Crippen molar-refractivity contribution in [1.82, 2.24) is 10.2 Å². The van der Waals surface area contributed by atoms with Crippen LogP contribution in [0.5, 0.6) is 0 Å². The molecule has 9 nitrogen and oxygen atoms in total. The molecule has 3 rings (SSSR count). The van der Waals surface area contributed by atoms with Gasteiger partial charge >= 0.3 is 5.97 Å². The number of fused-ring (bicyclic) bond motifs is 1. The van der Waals surface area contributed by atoms with Gasteiger partial charge in [-0.05, 0) is 25.1 Å². The number of nitrogens with zero attached hydrogens (tertiary/aromatic N) is 1. The maximum Gasteiger partial charge on any atom is 0.325 e. The molecule has 30 heavy (non-hydrogen) atoms. The molecule has 12 heteroatoms. The van der Waals surface area contributed by atoms with E-state index in [1.807, 2.05) is 0 Å². The average Bonchev–Trinajstić information content (AvgIpc) is 3.12. The number of hydrogen-bond acceptors (Lipinski definition) is 8. The molecule has 0 aliphatic carbocycles. The maximum absolute atomic E-state index is 13.0. The number of thioether (sulfide) groups is 1. The minimum Gasteiger partial charge on any atom is -0.465 e. The molecule has 3 N–H and O–H groups in total. The van der Waals surface area contributed by atoms with Crippen LogP contribution in [0.25, 0.3) is 0 Å². The number of rotatable bonds is 7. The van der Waals surface area contributed by atoms with Crippen molar-refractivity contribution >= 4 is 69.3 Å². The van der Waals surface area contributed by atoms with Gasteiger partial charge in [0.1, 0.15) is 16.1 Å². The number of ether oxygens (including phenoxy) is 1. The maximum atomic E-state index is 13.0. The van der Waals surface area contributed by atoms with Crippen molar-refractivity contribution in [3.8, 4) is 0 Å². The summed E-state index contributed by atoms with van der Waals surface area (Å²) in [5, 5.41) is 15.2. The van der Waals surface area contributed by atoms with Crippen LogP contribution in [0.15, 0.2) is 18.2 Å². The number of nitrogens with one attached hydrogen (secondary N) is 2. The summed E-state index contributed by atoms with van der Waals surface area (Å²) in [6.07, 6.45) is -0.119. The van der Waals surface area contributed by atoms with E-state index in [1.165, 1.54) is 11.0 Å². The van der Waals surface area contributed by atoms with E-state index >= 15 is 0 Å². The zero-order valence-electron chi connectivity index (χ0n) is 15.8. The molecule has 1 fully saturated rings. The van der Waals surface area contributed by atoms with E-state index < -0.39 is 34.5 Å². The van der Waals surface area contributed by atoms with Gasteiger partial charge in [-0.3, -0.25) is 24.1 Å². The zero-order valence-corrected chi connectivity index (χ0v) is 18.2. The first-order valence-corrected chi connectivity index (χ1v) is 10.6. The molecule has 0 aromatic heterocycles. The van der Waals surface area contributed by atoms with E-state index in [2.05, 4.69) is 10.6 Å². The molecule has 1 aromatic carbocycles. The molecule has 0 spiro atoms. The van der Waals surface area contributed by atoms with Crippen molar-refractivity contribution in [3.05, 3.63) is 28.8 Å². The van der Waals surface area contributed by atoms with E-state index in [9.17, 15) is 24.3 Å². The lowest BCUT2D eigenvalue weighted by Gasteiger charge is -2.25. The fourth-order valence-electron chi connectivity index (χ4n) is 3.14. The molecule has 1 aromatic rings.